The summed E-state index contributed by atoms with van der Waals surface area (Å²) in [6.45, 7) is 0.200. The van der Waals surface area contributed by atoms with E-state index in [4.69, 9.17) is 9.15 Å². The number of oxazole rings is 1. The second-order valence-electron chi connectivity index (χ2n) is 5.07. The molecule has 0 bridgehead atoms. The minimum Gasteiger partial charge on any atom is -0.497 e. The second kappa shape index (κ2) is 6.95. The highest BCUT2D eigenvalue weighted by Crippen LogP contribution is 2.25. The van der Waals surface area contributed by atoms with Crippen LogP contribution in [0.15, 0.2) is 59.3 Å². The van der Waals surface area contributed by atoms with Crippen molar-refractivity contribution in [2.75, 3.05) is 7.11 Å². The topological polar surface area (TPSA) is 64.4 Å². The third kappa shape index (κ3) is 3.43. The zero-order valence-corrected chi connectivity index (χ0v) is 13.0. The van der Waals surface area contributed by atoms with Gasteiger partial charge in [0.05, 0.1) is 7.11 Å². The summed E-state index contributed by atoms with van der Waals surface area (Å²) in [5.74, 6) is 0.339. The average molecular weight is 326 g/mol. The molecule has 0 spiro atoms. The first-order chi connectivity index (χ1) is 11.7. The summed E-state index contributed by atoms with van der Waals surface area (Å²) in [5, 5.41) is 2.71. The zero-order valence-electron chi connectivity index (χ0n) is 13.0. The van der Waals surface area contributed by atoms with Gasteiger partial charge >= 0.3 is 0 Å². The molecule has 0 aliphatic heterocycles. The molecule has 0 aliphatic carbocycles. The largest absolute Gasteiger partial charge is 0.497 e. The Morgan fingerprint density at radius 1 is 1.25 bits per heavy atom. The van der Waals surface area contributed by atoms with Crippen LogP contribution in [0.25, 0.3) is 11.3 Å². The number of benzene rings is 2. The molecule has 1 heterocycles. The molecular weight excluding hydrogens is 311 g/mol. The number of nitrogens with zero attached hydrogens (tertiary/aromatic N) is 1. The number of hydrogen-bond acceptors (Lipinski definition) is 4. The SMILES string of the molecule is COc1ccc(-c2ocnc2C(=O)NCc2cccc(F)c2)cc1. The maximum Gasteiger partial charge on any atom is 0.274 e. The van der Waals surface area contributed by atoms with Crippen LogP contribution in [0.1, 0.15) is 16.1 Å². The van der Waals surface area contributed by atoms with E-state index in [1.807, 2.05) is 0 Å². The molecule has 0 saturated heterocycles. The molecule has 2 aromatic carbocycles. The Morgan fingerprint density at radius 2 is 2.04 bits per heavy atom. The number of carbonyl (C=O) groups excluding carboxylic acids is 1. The monoisotopic (exact) mass is 326 g/mol. The van der Waals surface area contributed by atoms with E-state index in [0.29, 0.717) is 22.6 Å². The first-order valence-corrected chi connectivity index (χ1v) is 7.28. The molecule has 0 atom stereocenters. The van der Waals surface area contributed by atoms with Gasteiger partial charge in [-0.3, -0.25) is 4.79 Å². The van der Waals surface area contributed by atoms with Crippen LogP contribution < -0.4 is 10.1 Å². The van der Waals surface area contributed by atoms with Gasteiger partial charge in [0.2, 0.25) is 0 Å². The fourth-order valence-electron chi connectivity index (χ4n) is 2.27. The van der Waals surface area contributed by atoms with Gasteiger partial charge in [0, 0.05) is 12.1 Å². The highest BCUT2D eigenvalue weighted by atomic mass is 19.1. The normalized spacial score (nSPS) is 10.4. The van der Waals surface area contributed by atoms with Crippen molar-refractivity contribution in [2.45, 2.75) is 6.54 Å². The molecule has 24 heavy (non-hydrogen) atoms. The predicted molar refractivity (Wildman–Crippen MR) is 86.1 cm³/mol. The Bertz CT molecular complexity index is 843. The number of hydrogen-bond donors (Lipinski definition) is 1. The summed E-state index contributed by atoms with van der Waals surface area (Å²) in [4.78, 5) is 16.3. The molecule has 3 aromatic rings. The zero-order chi connectivity index (χ0) is 16.9. The van der Waals surface area contributed by atoms with Crippen molar-refractivity contribution < 1.29 is 18.3 Å². The summed E-state index contributed by atoms with van der Waals surface area (Å²) in [6, 6.07) is 13.1. The average Bonchev–Trinajstić information content (AvgIpc) is 3.09. The van der Waals surface area contributed by atoms with Crippen LogP contribution in [0.2, 0.25) is 0 Å². The number of carbonyl (C=O) groups is 1. The van der Waals surface area contributed by atoms with E-state index in [2.05, 4.69) is 10.3 Å². The molecule has 1 N–H and O–H groups in total. The van der Waals surface area contributed by atoms with Gasteiger partial charge in [-0.15, -0.1) is 0 Å². The number of aromatic nitrogens is 1. The maximum absolute atomic E-state index is 13.2. The number of rotatable bonds is 5. The Balaban J connectivity index is 1.75. The summed E-state index contributed by atoms with van der Waals surface area (Å²) in [5.41, 5.74) is 1.55. The highest BCUT2D eigenvalue weighted by molar-refractivity contribution is 5.97. The molecule has 1 aromatic heterocycles. The van der Waals surface area contributed by atoms with E-state index in [-0.39, 0.29) is 24.0 Å². The number of amides is 1. The number of methoxy groups -OCH3 is 1. The van der Waals surface area contributed by atoms with Crippen molar-refractivity contribution in [2.24, 2.45) is 0 Å². The van der Waals surface area contributed by atoms with Crippen LogP contribution in [0.5, 0.6) is 5.75 Å². The van der Waals surface area contributed by atoms with E-state index in [0.717, 1.165) is 0 Å². The van der Waals surface area contributed by atoms with Gasteiger partial charge in [-0.2, -0.15) is 0 Å². The minimum atomic E-state index is -0.390. The molecule has 0 unspecified atom stereocenters. The predicted octanol–water partition coefficient (Wildman–Crippen LogP) is 3.42. The summed E-state index contributed by atoms with van der Waals surface area (Å²) < 4.78 is 23.6. The van der Waals surface area contributed by atoms with E-state index in [1.165, 1.54) is 18.5 Å². The maximum atomic E-state index is 13.2. The van der Waals surface area contributed by atoms with Gasteiger partial charge in [0.25, 0.3) is 5.91 Å². The van der Waals surface area contributed by atoms with Crippen LogP contribution in [-0.2, 0) is 6.54 Å². The molecule has 5 nitrogen and oxygen atoms in total. The number of nitrogens with one attached hydrogen (secondary N) is 1. The molecule has 1 amide bonds. The van der Waals surface area contributed by atoms with Gasteiger partial charge in [0.15, 0.2) is 17.8 Å². The smallest absolute Gasteiger partial charge is 0.274 e. The third-order valence-corrected chi connectivity index (χ3v) is 3.48. The van der Waals surface area contributed by atoms with Crippen molar-refractivity contribution in [3.63, 3.8) is 0 Å². The first-order valence-electron chi connectivity index (χ1n) is 7.28. The number of ether oxygens (including phenoxy) is 1. The summed E-state index contributed by atoms with van der Waals surface area (Å²) in [7, 11) is 1.58. The van der Waals surface area contributed by atoms with E-state index in [9.17, 15) is 9.18 Å². The third-order valence-electron chi connectivity index (χ3n) is 3.48. The molecule has 122 valence electrons. The standard InChI is InChI=1S/C18H15FN2O3/c1-23-15-7-5-13(6-8-15)17-16(21-11-24-17)18(22)20-10-12-3-2-4-14(19)9-12/h2-9,11H,10H2,1H3,(H,20,22). The van der Waals surface area contributed by atoms with Crippen LogP contribution in [0, 0.1) is 5.82 Å². The summed E-state index contributed by atoms with van der Waals surface area (Å²) in [6.07, 6.45) is 1.22. The van der Waals surface area contributed by atoms with Crippen molar-refractivity contribution in [1.29, 1.82) is 0 Å². The van der Waals surface area contributed by atoms with Crippen LogP contribution in [0.3, 0.4) is 0 Å². The van der Waals surface area contributed by atoms with Crippen LogP contribution in [0.4, 0.5) is 4.39 Å². The Morgan fingerprint density at radius 3 is 2.75 bits per heavy atom. The van der Waals surface area contributed by atoms with E-state index < -0.39 is 0 Å². The molecule has 6 heteroatoms. The molecule has 0 radical (unpaired) electrons. The lowest BCUT2D eigenvalue weighted by molar-refractivity contribution is 0.0946. The van der Waals surface area contributed by atoms with Gasteiger partial charge < -0.3 is 14.5 Å². The Labute approximate surface area is 138 Å². The molecule has 0 aliphatic rings. The van der Waals surface area contributed by atoms with Crippen LogP contribution >= 0.6 is 0 Å². The van der Waals surface area contributed by atoms with Crippen LogP contribution in [-0.4, -0.2) is 18.0 Å². The molecule has 3 rings (SSSR count). The number of halogens is 1. The van der Waals surface area contributed by atoms with Gasteiger partial charge in [-0.05, 0) is 42.0 Å². The highest BCUT2D eigenvalue weighted by Gasteiger charge is 2.18. The lowest BCUT2D eigenvalue weighted by atomic mass is 10.1. The fraction of sp³-hybridized carbons (Fsp3) is 0.111. The Hall–Kier alpha value is -3.15. The van der Waals surface area contributed by atoms with Crippen molar-refractivity contribution in [3.8, 4) is 17.1 Å². The summed E-state index contributed by atoms with van der Waals surface area (Å²) >= 11 is 0. The molecule has 0 fully saturated rings. The van der Waals surface area contributed by atoms with Crippen molar-refractivity contribution in [3.05, 3.63) is 72.0 Å². The van der Waals surface area contributed by atoms with Gasteiger partial charge in [-0.1, -0.05) is 12.1 Å². The van der Waals surface area contributed by atoms with Gasteiger partial charge in [0.1, 0.15) is 11.6 Å². The van der Waals surface area contributed by atoms with Gasteiger partial charge in [-0.25, -0.2) is 9.37 Å². The first kappa shape index (κ1) is 15.7. The molecular formula is C18H15FN2O3. The lowest BCUT2D eigenvalue weighted by Crippen LogP contribution is -2.23. The Kier molecular flexibility index (Phi) is 4.56. The fourth-order valence-corrected chi connectivity index (χ4v) is 2.27. The van der Waals surface area contributed by atoms with Crippen molar-refractivity contribution >= 4 is 5.91 Å². The quantitative estimate of drug-likeness (QED) is 0.780. The van der Waals surface area contributed by atoms with E-state index >= 15 is 0 Å². The second-order valence-corrected chi connectivity index (χ2v) is 5.07. The lowest BCUT2D eigenvalue weighted by Gasteiger charge is -2.06. The van der Waals surface area contributed by atoms with E-state index in [1.54, 1.807) is 43.5 Å². The minimum absolute atomic E-state index is 0.177. The molecule has 0 saturated carbocycles. The van der Waals surface area contributed by atoms with Crippen molar-refractivity contribution in [1.82, 2.24) is 10.3 Å².